The second-order valence-electron chi connectivity index (χ2n) is 5.88. The predicted molar refractivity (Wildman–Crippen MR) is 91.8 cm³/mol. The minimum Gasteiger partial charge on any atom is -0.334 e. The van der Waals surface area contributed by atoms with E-state index in [-0.39, 0.29) is 0 Å². The topological polar surface area (TPSA) is 43.4 Å². The molecule has 0 atom stereocenters. The standard InChI is InChI=1S/C19H27N3/c20-14-13-19-16-21-17-22(19)15-9-4-2-1-3-6-10-18-11-7-5-8-12-18/h5,7-8,11-12,14,16-17,20H,1-4,6,9-10,13,15H2/p+1. The summed E-state index contributed by atoms with van der Waals surface area (Å²) in [6, 6.07) is 10.8. The molecule has 2 rings (SSSR count). The fourth-order valence-electron chi connectivity index (χ4n) is 2.80. The molecule has 2 aromatic rings. The maximum Gasteiger partial charge on any atom is 0.142 e. The zero-order valence-electron chi connectivity index (χ0n) is 13.5. The zero-order chi connectivity index (χ0) is 15.5. The number of nitrogens with zero attached hydrogens (tertiary/aromatic N) is 2. The van der Waals surface area contributed by atoms with Crippen LogP contribution in [0.25, 0.3) is 0 Å². The predicted octanol–water partition coefficient (Wildman–Crippen LogP) is 2.84. The van der Waals surface area contributed by atoms with Crippen LogP contribution in [-0.4, -0.2) is 15.8 Å². The van der Waals surface area contributed by atoms with Crippen LogP contribution >= 0.6 is 0 Å². The fraction of sp³-hybridized carbons (Fsp3) is 0.474. The number of rotatable bonds is 11. The molecule has 1 aromatic carbocycles. The van der Waals surface area contributed by atoms with Crippen molar-refractivity contribution in [3.05, 3.63) is 54.1 Å². The van der Waals surface area contributed by atoms with E-state index in [1.54, 1.807) is 6.21 Å². The first-order valence-corrected chi connectivity index (χ1v) is 8.46. The Labute approximate surface area is 133 Å². The number of unbranched alkanes of at least 4 members (excludes halogenated alkanes) is 5. The van der Waals surface area contributed by atoms with Gasteiger partial charge in [0, 0.05) is 18.4 Å². The van der Waals surface area contributed by atoms with Crippen LogP contribution in [0.4, 0.5) is 0 Å². The first-order chi connectivity index (χ1) is 10.9. The van der Waals surface area contributed by atoms with E-state index in [0.717, 1.165) is 13.0 Å². The van der Waals surface area contributed by atoms with Gasteiger partial charge in [-0.2, -0.15) is 0 Å². The van der Waals surface area contributed by atoms with Crippen LogP contribution in [0.5, 0.6) is 0 Å². The van der Waals surface area contributed by atoms with Crippen molar-refractivity contribution in [2.75, 3.05) is 0 Å². The van der Waals surface area contributed by atoms with Crippen LogP contribution < -0.4 is 5.41 Å². The van der Waals surface area contributed by atoms with Gasteiger partial charge in [0.15, 0.2) is 0 Å². The van der Waals surface area contributed by atoms with E-state index in [1.165, 1.54) is 56.2 Å². The number of aromatic nitrogens is 2. The van der Waals surface area contributed by atoms with E-state index in [9.17, 15) is 0 Å². The smallest absolute Gasteiger partial charge is 0.142 e. The van der Waals surface area contributed by atoms with Crippen molar-refractivity contribution in [3.8, 4) is 0 Å². The van der Waals surface area contributed by atoms with Crippen molar-refractivity contribution in [3.63, 3.8) is 0 Å². The molecule has 0 bridgehead atoms. The third-order valence-electron chi connectivity index (χ3n) is 4.08. The average molecular weight is 298 g/mol. The van der Waals surface area contributed by atoms with Crippen LogP contribution in [-0.2, 0) is 19.4 Å². The van der Waals surface area contributed by atoms with E-state index < -0.39 is 0 Å². The first-order valence-electron chi connectivity index (χ1n) is 8.46. The van der Waals surface area contributed by atoms with Gasteiger partial charge in [0.2, 0.25) is 0 Å². The summed E-state index contributed by atoms with van der Waals surface area (Å²) in [7, 11) is 0. The van der Waals surface area contributed by atoms with Gasteiger partial charge in [0.05, 0.1) is 12.7 Å². The lowest BCUT2D eigenvalue weighted by Crippen LogP contribution is -2.30. The first kappa shape index (κ1) is 16.5. The maximum absolute atomic E-state index is 5.49. The quantitative estimate of drug-likeness (QED) is 0.503. The average Bonchev–Trinajstić information content (AvgIpc) is 2.99. The molecule has 0 aliphatic rings. The largest absolute Gasteiger partial charge is 0.334 e. The van der Waals surface area contributed by atoms with E-state index in [2.05, 4.69) is 39.9 Å². The summed E-state index contributed by atoms with van der Waals surface area (Å²) in [5.41, 5.74) is 2.68. The Hall–Kier alpha value is -1.90. The molecule has 0 aliphatic carbocycles. The molecule has 3 nitrogen and oxygen atoms in total. The van der Waals surface area contributed by atoms with Gasteiger partial charge < -0.3 is 4.57 Å². The number of imidazole rings is 1. The molecule has 0 fully saturated rings. The second kappa shape index (κ2) is 9.93. The fourth-order valence-corrected chi connectivity index (χ4v) is 2.80. The molecule has 2 N–H and O–H groups in total. The van der Waals surface area contributed by atoms with Crippen LogP contribution in [0.15, 0.2) is 42.9 Å². The number of hydrogen-bond donors (Lipinski definition) is 1. The van der Waals surface area contributed by atoms with E-state index in [1.807, 2.05) is 12.5 Å². The van der Waals surface area contributed by atoms with Crippen molar-refractivity contribution in [1.82, 2.24) is 9.55 Å². The third-order valence-corrected chi connectivity index (χ3v) is 4.08. The van der Waals surface area contributed by atoms with Gasteiger partial charge in [0.1, 0.15) is 6.21 Å². The van der Waals surface area contributed by atoms with E-state index in [0.29, 0.717) is 0 Å². The van der Waals surface area contributed by atoms with Crippen molar-refractivity contribution < 1.29 is 5.41 Å². The van der Waals surface area contributed by atoms with Gasteiger partial charge in [-0.3, -0.25) is 5.41 Å². The molecule has 22 heavy (non-hydrogen) atoms. The molecule has 0 spiro atoms. The Morgan fingerprint density at radius 2 is 1.68 bits per heavy atom. The lowest BCUT2D eigenvalue weighted by molar-refractivity contribution is -0.107. The Morgan fingerprint density at radius 1 is 0.955 bits per heavy atom. The number of nitrogens with two attached hydrogens (primary N) is 1. The summed E-state index contributed by atoms with van der Waals surface area (Å²) in [4.78, 5) is 4.20. The van der Waals surface area contributed by atoms with Crippen molar-refractivity contribution in [2.45, 2.75) is 57.9 Å². The van der Waals surface area contributed by atoms with Crippen LogP contribution in [0.1, 0.15) is 49.8 Å². The monoisotopic (exact) mass is 298 g/mol. The summed E-state index contributed by atoms with van der Waals surface area (Å²) in [5.74, 6) is 0. The summed E-state index contributed by atoms with van der Waals surface area (Å²) in [6.07, 6.45) is 15.4. The maximum atomic E-state index is 5.49. The number of hydrogen-bond acceptors (Lipinski definition) is 1. The molecular formula is C19H28N3+. The molecule has 0 aliphatic heterocycles. The van der Waals surface area contributed by atoms with Crippen LogP contribution in [0.2, 0.25) is 0 Å². The minimum absolute atomic E-state index is 0.805. The molecule has 118 valence electrons. The molecule has 3 heteroatoms. The molecular weight excluding hydrogens is 270 g/mol. The van der Waals surface area contributed by atoms with Crippen molar-refractivity contribution in [2.24, 2.45) is 0 Å². The Kier molecular flexibility index (Phi) is 7.44. The highest BCUT2D eigenvalue weighted by molar-refractivity contribution is 5.53. The van der Waals surface area contributed by atoms with E-state index in [4.69, 9.17) is 5.41 Å². The number of benzene rings is 1. The molecule has 0 amide bonds. The Morgan fingerprint density at radius 3 is 2.45 bits per heavy atom. The lowest BCUT2D eigenvalue weighted by Gasteiger charge is -2.06. The van der Waals surface area contributed by atoms with Crippen molar-refractivity contribution >= 4 is 6.21 Å². The SMILES string of the molecule is [NH2+]=CCc1cncn1CCCCCCCCc1ccccc1. The van der Waals surface area contributed by atoms with Crippen LogP contribution in [0.3, 0.4) is 0 Å². The summed E-state index contributed by atoms with van der Waals surface area (Å²) < 4.78 is 2.22. The zero-order valence-corrected chi connectivity index (χ0v) is 13.5. The van der Waals surface area contributed by atoms with Gasteiger partial charge >= 0.3 is 0 Å². The minimum atomic E-state index is 0.805. The third kappa shape index (κ3) is 5.84. The normalized spacial score (nSPS) is 10.7. The van der Waals surface area contributed by atoms with Gasteiger partial charge in [-0.25, -0.2) is 4.98 Å². The molecule has 0 saturated carbocycles. The summed E-state index contributed by atoms with van der Waals surface area (Å²) in [6.45, 7) is 1.06. The molecule has 0 saturated heterocycles. The van der Waals surface area contributed by atoms with Gasteiger partial charge in [-0.15, -0.1) is 0 Å². The highest BCUT2D eigenvalue weighted by atomic mass is 15.0. The van der Waals surface area contributed by atoms with Gasteiger partial charge in [-0.1, -0.05) is 56.0 Å². The van der Waals surface area contributed by atoms with Gasteiger partial charge in [-0.05, 0) is 24.8 Å². The van der Waals surface area contributed by atoms with Crippen molar-refractivity contribution in [1.29, 1.82) is 0 Å². The lowest BCUT2D eigenvalue weighted by atomic mass is 10.0. The molecule has 1 heterocycles. The molecule has 0 unspecified atom stereocenters. The van der Waals surface area contributed by atoms with Gasteiger partial charge in [0.25, 0.3) is 0 Å². The highest BCUT2D eigenvalue weighted by Crippen LogP contribution is 2.11. The molecule has 0 radical (unpaired) electrons. The summed E-state index contributed by atoms with van der Waals surface area (Å²) >= 11 is 0. The molecule has 1 aromatic heterocycles. The Balaban J connectivity index is 1.49. The van der Waals surface area contributed by atoms with Crippen LogP contribution in [0, 0.1) is 0 Å². The van der Waals surface area contributed by atoms with E-state index >= 15 is 0 Å². The number of aryl methyl sites for hydroxylation is 2. The Bertz CT molecular complexity index is 531. The summed E-state index contributed by atoms with van der Waals surface area (Å²) in [5, 5.41) is 5.49. The second-order valence-corrected chi connectivity index (χ2v) is 5.88. The highest BCUT2D eigenvalue weighted by Gasteiger charge is 2.01.